The summed E-state index contributed by atoms with van der Waals surface area (Å²) in [5.74, 6) is -0.186. The van der Waals surface area contributed by atoms with Crippen molar-refractivity contribution in [2.24, 2.45) is 0 Å². The van der Waals surface area contributed by atoms with Gasteiger partial charge in [-0.05, 0) is 55.3 Å². The number of piperazine rings is 1. The molecule has 3 aromatic rings. The first-order valence-electron chi connectivity index (χ1n) is 11.9. The van der Waals surface area contributed by atoms with E-state index >= 15 is 0 Å². The van der Waals surface area contributed by atoms with Gasteiger partial charge in [0.2, 0.25) is 5.91 Å². The van der Waals surface area contributed by atoms with Gasteiger partial charge in [0.1, 0.15) is 5.82 Å². The number of amides is 1. The normalized spacial score (nSPS) is 20.6. The van der Waals surface area contributed by atoms with Crippen LogP contribution in [0.4, 0.5) is 15.2 Å². The number of sulfonamides is 1. The Morgan fingerprint density at radius 1 is 1.11 bits per heavy atom. The molecule has 0 radical (unpaired) electrons. The Morgan fingerprint density at radius 2 is 1.86 bits per heavy atom. The molecule has 0 saturated carbocycles. The second kappa shape index (κ2) is 10.3. The lowest BCUT2D eigenvalue weighted by atomic mass is 10.1. The maximum Gasteiger partial charge on any atom is 0.263 e. The number of anilines is 2. The number of aromatic nitrogens is 1. The van der Waals surface area contributed by atoms with Gasteiger partial charge in [0.15, 0.2) is 5.13 Å². The molecular weight excluding hydrogens is 501 g/mol. The molecule has 2 aromatic carbocycles. The highest BCUT2D eigenvalue weighted by molar-refractivity contribution is 7.93. The monoisotopic (exact) mass is 533 g/mol. The van der Waals surface area contributed by atoms with Crippen molar-refractivity contribution in [1.29, 1.82) is 0 Å². The Labute approximate surface area is 217 Å². The maximum atomic E-state index is 13.6. The predicted molar refractivity (Wildman–Crippen MR) is 142 cm³/mol. The van der Waals surface area contributed by atoms with Gasteiger partial charge in [-0.15, -0.1) is 11.3 Å². The molecule has 0 aliphatic carbocycles. The zero-order valence-electron chi connectivity index (χ0n) is 19.9. The molecular formula is C25H32FN5O3S2. The zero-order chi connectivity index (χ0) is 25.3. The fourth-order valence-electron chi connectivity index (χ4n) is 4.93. The van der Waals surface area contributed by atoms with E-state index in [1.165, 1.54) is 35.7 Å². The maximum absolute atomic E-state index is 13.6. The number of nitrogens with one attached hydrogen (secondary N) is 1. The lowest BCUT2D eigenvalue weighted by Crippen LogP contribution is -2.52. The van der Waals surface area contributed by atoms with Crippen LogP contribution in [0, 0.1) is 5.82 Å². The third kappa shape index (κ3) is 5.15. The van der Waals surface area contributed by atoms with Crippen molar-refractivity contribution in [3.63, 3.8) is 0 Å². The molecule has 0 unspecified atom stereocenters. The summed E-state index contributed by atoms with van der Waals surface area (Å²) >= 11 is 1.21. The molecule has 36 heavy (non-hydrogen) atoms. The standard InChI is InChI=1S/C25H28FN5O3S2.2H2/c1-18(19-3-2-4-20(26)17-19)29-12-14-30(15-13-29)23-9-11-31(24(23)32)21-5-7-22(8-6-21)36(33,34)28-25-27-10-16-35-25;;/h2-8,10,16-18,23H,9,11-15H2,1H3,(H,27,28);2*1H/t18-,23-;;/m0../s1. The van der Waals surface area contributed by atoms with Gasteiger partial charge in [-0.1, -0.05) is 12.1 Å². The van der Waals surface area contributed by atoms with E-state index in [-0.39, 0.29) is 31.6 Å². The third-order valence-electron chi connectivity index (χ3n) is 6.96. The highest BCUT2D eigenvalue weighted by atomic mass is 32.2. The summed E-state index contributed by atoms with van der Waals surface area (Å²) in [6.07, 6.45) is 2.26. The van der Waals surface area contributed by atoms with Crippen molar-refractivity contribution < 1.29 is 20.5 Å². The first-order valence-corrected chi connectivity index (χ1v) is 14.3. The molecule has 194 valence electrons. The Hall–Kier alpha value is -2.86. The average molecular weight is 534 g/mol. The number of hydrogen-bond donors (Lipinski definition) is 1. The number of carbonyl (C=O) groups is 1. The second-order valence-corrected chi connectivity index (χ2v) is 11.6. The summed E-state index contributed by atoms with van der Waals surface area (Å²) in [7, 11) is -3.74. The van der Waals surface area contributed by atoms with E-state index in [1.54, 1.807) is 34.5 Å². The number of halogens is 1. The minimum absolute atomic E-state index is 0. The Balaban J connectivity index is 0.00000200. The topological polar surface area (TPSA) is 85.8 Å². The molecule has 5 rings (SSSR count). The van der Waals surface area contributed by atoms with E-state index in [2.05, 4.69) is 26.4 Å². The van der Waals surface area contributed by atoms with Crippen LogP contribution in [0.5, 0.6) is 0 Å². The second-order valence-electron chi connectivity index (χ2n) is 9.03. The van der Waals surface area contributed by atoms with Crippen LogP contribution in [0.25, 0.3) is 0 Å². The summed E-state index contributed by atoms with van der Waals surface area (Å²) in [4.78, 5) is 23.6. The van der Waals surface area contributed by atoms with Crippen LogP contribution < -0.4 is 9.62 Å². The summed E-state index contributed by atoms with van der Waals surface area (Å²) in [5, 5.41) is 2.00. The van der Waals surface area contributed by atoms with Crippen molar-refractivity contribution in [3.8, 4) is 0 Å². The molecule has 2 aliphatic rings. The number of nitrogens with zero attached hydrogens (tertiary/aromatic N) is 4. The van der Waals surface area contributed by atoms with E-state index in [4.69, 9.17) is 0 Å². The van der Waals surface area contributed by atoms with Gasteiger partial charge in [0, 0.05) is 58.9 Å². The minimum atomic E-state index is -3.74. The molecule has 11 heteroatoms. The molecule has 0 bridgehead atoms. The van der Waals surface area contributed by atoms with Gasteiger partial charge in [-0.25, -0.2) is 17.8 Å². The van der Waals surface area contributed by atoms with Gasteiger partial charge < -0.3 is 4.90 Å². The van der Waals surface area contributed by atoms with Crippen LogP contribution in [-0.4, -0.2) is 67.9 Å². The minimum Gasteiger partial charge on any atom is -0.311 e. The molecule has 0 spiro atoms. The lowest BCUT2D eigenvalue weighted by molar-refractivity contribution is -0.122. The Kier molecular flexibility index (Phi) is 7.07. The van der Waals surface area contributed by atoms with Gasteiger partial charge >= 0.3 is 0 Å². The van der Waals surface area contributed by atoms with Crippen molar-refractivity contribution in [2.75, 3.05) is 42.3 Å². The fourth-order valence-corrected chi connectivity index (χ4v) is 6.72. The summed E-state index contributed by atoms with van der Waals surface area (Å²) in [6.45, 7) is 5.82. The van der Waals surface area contributed by atoms with Crippen molar-refractivity contribution >= 4 is 38.1 Å². The molecule has 1 amide bonds. The van der Waals surface area contributed by atoms with Crippen LogP contribution in [-0.2, 0) is 14.8 Å². The average Bonchev–Trinajstić information content (AvgIpc) is 3.53. The van der Waals surface area contributed by atoms with Crippen LogP contribution in [0.2, 0.25) is 0 Å². The van der Waals surface area contributed by atoms with Crippen molar-refractivity contribution in [3.05, 3.63) is 71.5 Å². The number of rotatable bonds is 7. The first kappa shape index (κ1) is 24.8. The van der Waals surface area contributed by atoms with Gasteiger partial charge in [-0.3, -0.25) is 19.3 Å². The quantitative estimate of drug-likeness (QED) is 0.493. The van der Waals surface area contributed by atoms with Crippen LogP contribution >= 0.6 is 11.3 Å². The largest absolute Gasteiger partial charge is 0.311 e. The molecule has 3 heterocycles. The number of benzene rings is 2. The molecule has 2 saturated heterocycles. The van der Waals surface area contributed by atoms with E-state index in [9.17, 15) is 17.6 Å². The highest BCUT2D eigenvalue weighted by Gasteiger charge is 2.38. The molecule has 8 nitrogen and oxygen atoms in total. The Bertz CT molecular complexity index is 1320. The number of carbonyl (C=O) groups excluding carboxylic acids is 1. The van der Waals surface area contributed by atoms with E-state index in [0.29, 0.717) is 17.4 Å². The van der Waals surface area contributed by atoms with Gasteiger partial charge in [0.05, 0.1) is 10.9 Å². The number of hydrogen-bond acceptors (Lipinski definition) is 7. The molecule has 2 atom stereocenters. The van der Waals surface area contributed by atoms with Crippen molar-refractivity contribution in [1.82, 2.24) is 14.8 Å². The van der Waals surface area contributed by atoms with Crippen LogP contribution in [0.3, 0.4) is 0 Å². The van der Waals surface area contributed by atoms with E-state index in [1.807, 2.05) is 6.07 Å². The van der Waals surface area contributed by atoms with Crippen molar-refractivity contribution in [2.45, 2.75) is 30.3 Å². The number of thiazole rings is 1. The summed E-state index contributed by atoms with van der Waals surface area (Å²) in [6, 6.07) is 13.0. The van der Waals surface area contributed by atoms with Crippen LogP contribution in [0.1, 0.15) is 27.8 Å². The van der Waals surface area contributed by atoms with E-state index < -0.39 is 10.0 Å². The predicted octanol–water partition coefficient (Wildman–Crippen LogP) is 4.06. The smallest absolute Gasteiger partial charge is 0.263 e. The molecule has 2 aliphatic heterocycles. The lowest BCUT2D eigenvalue weighted by Gasteiger charge is -2.40. The molecule has 1 aromatic heterocycles. The van der Waals surface area contributed by atoms with Gasteiger partial charge in [0.25, 0.3) is 10.0 Å². The first-order chi connectivity index (χ1) is 17.3. The van der Waals surface area contributed by atoms with Gasteiger partial charge in [-0.2, -0.15) is 0 Å². The molecule has 2 fully saturated rings. The third-order valence-corrected chi connectivity index (χ3v) is 9.13. The van der Waals surface area contributed by atoms with E-state index in [0.717, 1.165) is 38.2 Å². The Morgan fingerprint density at radius 3 is 2.53 bits per heavy atom. The SMILES string of the molecule is C[C@@H](c1cccc(F)c1)N1CCN([C@H]2CCN(c3ccc(S(=O)(=O)Nc4nccs4)cc3)C2=O)CC1.[HH].[HH]. The summed E-state index contributed by atoms with van der Waals surface area (Å²) in [5.41, 5.74) is 1.65. The zero-order valence-corrected chi connectivity index (χ0v) is 21.5. The molecule has 1 N–H and O–H groups in total. The summed E-state index contributed by atoms with van der Waals surface area (Å²) < 4.78 is 41.3. The fraction of sp³-hybridized carbons (Fsp3) is 0.360. The highest BCUT2D eigenvalue weighted by Crippen LogP contribution is 2.28. The van der Waals surface area contributed by atoms with Crippen LogP contribution in [0.15, 0.2) is 65.0 Å².